The predicted molar refractivity (Wildman–Crippen MR) is 106 cm³/mol. The number of carbonyl (C=O) groups excluding carboxylic acids is 1. The van der Waals surface area contributed by atoms with E-state index in [1.54, 1.807) is 6.07 Å². The first kappa shape index (κ1) is 17.6. The van der Waals surface area contributed by atoms with Gasteiger partial charge in [0.25, 0.3) is 5.91 Å². The van der Waals surface area contributed by atoms with Crippen molar-refractivity contribution in [3.05, 3.63) is 70.7 Å². The number of likely N-dealkylation sites (tertiary alicyclic amines) is 2. The minimum atomic E-state index is 0.0543. The molecule has 26 heavy (non-hydrogen) atoms. The van der Waals surface area contributed by atoms with Crippen LogP contribution in [0.15, 0.2) is 54.6 Å². The first-order valence-electron chi connectivity index (χ1n) is 9.55. The van der Waals surface area contributed by atoms with Crippen molar-refractivity contribution in [1.82, 2.24) is 9.80 Å². The number of amides is 1. The molecule has 4 heteroatoms. The monoisotopic (exact) mass is 368 g/mol. The van der Waals surface area contributed by atoms with Gasteiger partial charge >= 0.3 is 0 Å². The summed E-state index contributed by atoms with van der Waals surface area (Å²) in [4.78, 5) is 17.5. The second-order valence-electron chi connectivity index (χ2n) is 7.36. The third kappa shape index (κ3) is 3.15. The molecule has 0 N–H and O–H groups in total. The van der Waals surface area contributed by atoms with Gasteiger partial charge in [-0.15, -0.1) is 0 Å². The van der Waals surface area contributed by atoms with Crippen LogP contribution in [0.25, 0.3) is 0 Å². The van der Waals surface area contributed by atoms with Crippen LogP contribution in [0.3, 0.4) is 0 Å². The smallest absolute Gasteiger partial charge is 0.255 e. The molecule has 0 spiro atoms. The fourth-order valence-corrected chi connectivity index (χ4v) is 4.78. The minimum absolute atomic E-state index is 0.0543. The van der Waals surface area contributed by atoms with Gasteiger partial charge in [0.15, 0.2) is 0 Å². The molecule has 2 aromatic rings. The normalized spacial score (nSPS) is 20.3. The van der Waals surface area contributed by atoms with Crippen LogP contribution in [0.5, 0.6) is 0 Å². The molecule has 1 amide bonds. The van der Waals surface area contributed by atoms with E-state index >= 15 is 0 Å². The average Bonchev–Trinajstić information content (AvgIpc) is 3.24. The predicted octanol–water partition coefficient (Wildman–Crippen LogP) is 4.57. The molecule has 2 aromatic carbocycles. The Morgan fingerprint density at radius 1 is 0.846 bits per heavy atom. The Labute approximate surface area is 160 Å². The average molecular weight is 369 g/mol. The van der Waals surface area contributed by atoms with Crippen LogP contribution in [0.4, 0.5) is 0 Å². The Morgan fingerprint density at radius 2 is 1.46 bits per heavy atom. The van der Waals surface area contributed by atoms with Crippen LogP contribution < -0.4 is 0 Å². The van der Waals surface area contributed by atoms with E-state index < -0.39 is 0 Å². The number of hydrogen-bond donors (Lipinski definition) is 0. The van der Waals surface area contributed by atoms with Crippen molar-refractivity contribution in [3.63, 3.8) is 0 Å². The molecule has 2 fully saturated rings. The Bertz CT molecular complexity index is 763. The van der Waals surface area contributed by atoms with E-state index in [2.05, 4.69) is 35.2 Å². The van der Waals surface area contributed by atoms with E-state index in [0.29, 0.717) is 10.6 Å². The number of hydrogen-bond acceptors (Lipinski definition) is 2. The number of nitrogens with zero attached hydrogens (tertiary/aromatic N) is 2. The summed E-state index contributed by atoms with van der Waals surface area (Å²) < 4.78 is 0. The lowest BCUT2D eigenvalue weighted by atomic mass is 9.79. The summed E-state index contributed by atoms with van der Waals surface area (Å²) in [5.41, 5.74) is 2.07. The molecule has 4 rings (SSSR count). The van der Waals surface area contributed by atoms with Crippen molar-refractivity contribution in [2.75, 3.05) is 26.2 Å². The zero-order valence-electron chi connectivity index (χ0n) is 15.0. The van der Waals surface area contributed by atoms with E-state index in [1.807, 2.05) is 23.1 Å². The molecule has 2 aliphatic rings. The molecule has 2 heterocycles. The molecule has 2 saturated heterocycles. The Morgan fingerprint density at radius 3 is 2.12 bits per heavy atom. The lowest BCUT2D eigenvalue weighted by Crippen LogP contribution is -2.53. The van der Waals surface area contributed by atoms with Gasteiger partial charge in [-0.3, -0.25) is 9.69 Å². The Kier molecular flexibility index (Phi) is 5.01. The Hall–Kier alpha value is -1.84. The third-order valence-electron chi connectivity index (χ3n) is 6.00. The van der Waals surface area contributed by atoms with Crippen LogP contribution in [0.1, 0.15) is 41.6 Å². The summed E-state index contributed by atoms with van der Waals surface area (Å²) in [5.74, 6) is 0.0543. The summed E-state index contributed by atoms with van der Waals surface area (Å²) in [6.45, 7) is 3.87. The highest BCUT2D eigenvalue weighted by atomic mass is 35.5. The maximum absolute atomic E-state index is 12.9. The van der Waals surface area contributed by atoms with Gasteiger partial charge in [0.05, 0.1) is 10.6 Å². The largest absolute Gasteiger partial charge is 0.338 e. The molecule has 3 nitrogen and oxygen atoms in total. The van der Waals surface area contributed by atoms with Gasteiger partial charge < -0.3 is 4.90 Å². The van der Waals surface area contributed by atoms with Crippen LogP contribution in [-0.2, 0) is 5.54 Å². The van der Waals surface area contributed by atoms with Crippen LogP contribution in [0.2, 0.25) is 5.02 Å². The molecule has 0 bridgehead atoms. The fraction of sp³-hybridized carbons (Fsp3) is 0.409. The quantitative estimate of drug-likeness (QED) is 0.792. The fourth-order valence-electron chi connectivity index (χ4n) is 4.57. The van der Waals surface area contributed by atoms with E-state index in [0.717, 1.165) is 39.0 Å². The van der Waals surface area contributed by atoms with Gasteiger partial charge in [-0.05, 0) is 56.5 Å². The first-order valence-corrected chi connectivity index (χ1v) is 9.93. The highest BCUT2D eigenvalue weighted by Gasteiger charge is 2.43. The van der Waals surface area contributed by atoms with Crippen molar-refractivity contribution in [1.29, 1.82) is 0 Å². The lowest BCUT2D eigenvalue weighted by Gasteiger charge is -2.48. The van der Waals surface area contributed by atoms with Crippen molar-refractivity contribution in [2.24, 2.45) is 0 Å². The molecule has 0 saturated carbocycles. The summed E-state index contributed by atoms with van der Waals surface area (Å²) in [5, 5.41) is 0.539. The number of carbonyl (C=O) groups is 1. The molecule has 0 unspecified atom stereocenters. The highest BCUT2D eigenvalue weighted by molar-refractivity contribution is 6.33. The van der Waals surface area contributed by atoms with Gasteiger partial charge in [-0.25, -0.2) is 0 Å². The maximum atomic E-state index is 12.9. The lowest BCUT2D eigenvalue weighted by molar-refractivity contribution is 0.0295. The van der Waals surface area contributed by atoms with Gasteiger partial charge in [0.2, 0.25) is 0 Å². The summed E-state index contributed by atoms with van der Waals surface area (Å²) in [6, 6.07) is 18.2. The van der Waals surface area contributed by atoms with E-state index in [-0.39, 0.29) is 11.4 Å². The molecule has 0 aliphatic carbocycles. The molecular weight excluding hydrogens is 344 g/mol. The van der Waals surface area contributed by atoms with Gasteiger partial charge in [0.1, 0.15) is 0 Å². The van der Waals surface area contributed by atoms with Crippen molar-refractivity contribution in [3.8, 4) is 0 Å². The molecule has 2 aliphatic heterocycles. The molecule has 0 radical (unpaired) electrons. The van der Waals surface area contributed by atoms with Gasteiger partial charge in [-0.2, -0.15) is 0 Å². The van der Waals surface area contributed by atoms with Crippen molar-refractivity contribution >= 4 is 17.5 Å². The maximum Gasteiger partial charge on any atom is 0.255 e. The van der Waals surface area contributed by atoms with Crippen LogP contribution in [-0.4, -0.2) is 41.9 Å². The number of piperidine rings is 1. The van der Waals surface area contributed by atoms with Crippen molar-refractivity contribution in [2.45, 2.75) is 31.2 Å². The second kappa shape index (κ2) is 7.42. The SMILES string of the molecule is O=C(c1ccccc1Cl)N1CCC(c2ccccc2)(N2CCCC2)CC1. The van der Waals surface area contributed by atoms with Crippen LogP contribution >= 0.6 is 11.6 Å². The van der Waals surface area contributed by atoms with Crippen LogP contribution in [0, 0.1) is 0 Å². The molecule has 0 atom stereocenters. The first-order chi connectivity index (χ1) is 12.7. The third-order valence-corrected chi connectivity index (χ3v) is 6.33. The standard InChI is InChI=1S/C22H25ClN2O/c23-20-11-5-4-10-19(20)21(26)24-16-12-22(13-17-24,25-14-6-7-15-25)18-8-2-1-3-9-18/h1-5,8-11H,6-7,12-17H2. The van der Waals surface area contributed by atoms with E-state index in [9.17, 15) is 4.79 Å². The summed E-state index contributed by atoms with van der Waals surface area (Å²) >= 11 is 6.24. The number of rotatable bonds is 3. The second-order valence-corrected chi connectivity index (χ2v) is 7.77. The topological polar surface area (TPSA) is 23.6 Å². The van der Waals surface area contributed by atoms with E-state index in [4.69, 9.17) is 11.6 Å². The Balaban J connectivity index is 1.56. The molecule has 136 valence electrons. The summed E-state index contributed by atoms with van der Waals surface area (Å²) in [6.07, 6.45) is 4.51. The van der Waals surface area contributed by atoms with Crippen molar-refractivity contribution < 1.29 is 4.79 Å². The highest BCUT2D eigenvalue weighted by Crippen LogP contribution is 2.41. The zero-order valence-corrected chi connectivity index (χ0v) is 15.8. The number of halogens is 1. The summed E-state index contributed by atoms with van der Waals surface area (Å²) in [7, 11) is 0. The van der Waals surface area contributed by atoms with E-state index in [1.165, 1.54) is 18.4 Å². The molecule has 0 aromatic heterocycles. The zero-order chi connectivity index (χ0) is 18.0. The minimum Gasteiger partial charge on any atom is -0.338 e. The number of benzene rings is 2. The molecular formula is C22H25ClN2O. The van der Waals surface area contributed by atoms with Gasteiger partial charge in [-0.1, -0.05) is 54.1 Å². The van der Waals surface area contributed by atoms with Gasteiger partial charge in [0, 0.05) is 18.6 Å².